The van der Waals surface area contributed by atoms with Gasteiger partial charge in [0.25, 0.3) is 0 Å². The molecular formula is C21H20O12. The quantitative estimate of drug-likeness (QED) is 0.257. The number of hydrogen-bond donors (Lipinski definition) is 7. The van der Waals surface area contributed by atoms with Gasteiger partial charge in [-0.1, -0.05) is 0 Å². The van der Waals surface area contributed by atoms with E-state index in [9.17, 15) is 40.5 Å². The molecule has 4 atom stereocenters. The smallest absolute Gasteiger partial charge is 0.239 e. The van der Waals surface area contributed by atoms with E-state index in [1.165, 1.54) is 13.2 Å². The second kappa shape index (κ2) is 8.33. The van der Waals surface area contributed by atoms with E-state index in [4.69, 9.17) is 18.6 Å². The summed E-state index contributed by atoms with van der Waals surface area (Å²) in [5.41, 5.74) is -1.21. The summed E-state index contributed by atoms with van der Waals surface area (Å²) in [6.07, 6.45) is -6.40. The Morgan fingerprint density at radius 3 is 2.39 bits per heavy atom. The Morgan fingerprint density at radius 2 is 1.70 bits per heavy atom. The first-order valence-corrected chi connectivity index (χ1v) is 9.58. The largest absolute Gasteiger partial charge is 0.508 e. The number of ether oxygens (including phenoxy) is 3. The van der Waals surface area contributed by atoms with Crippen LogP contribution in [0.5, 0.6) is 34.5 Å². The minimum atomic E-state index is -1.76. The van der Waals surface area contributed by atoms with Crippen molar-refractivity contribution >= 4 is 11.0 Å². The second-order valence-corrected chi connectivity index (χ2v) is 7.34. The second-order valence-electron chi connectivity index (χ2n) is 7.34. The summed E-state index contributed by atoms with van der Waals surface area (Å²) >= 11 is 0. The third-order valence-corrected chi connectivity index (χ3v) is 5.14. The zero-order valence-corrected chi connectivity index (χ0v) is 17.0. The van der Waals surface area contributed by atoms with Crippen LogP contribution in [0.2, 0.25) is 0 Å². The van der Waals surface area contributed by atoms with Gasteiger partial charge in [0.1, 0.15) is 40.8 Å². The number of hydrogen-bond acceptors (Lipinski definition) is 12. The van der Waals surface area contributed by atoms with Crippen molar-refractivity contribution in [3.05, 3.63) is 34.5 Å². The molecule has 0 radical (unpaired) electrons. The van der Waals surface area contributed by atoms with Gasteiger partial charge < -0.3 is 54.4 Å². The Kier molecular flexibility index (Phi) is 5.68. The Morgan fingerprint density at radius 1 is 0.970 bits per heavy atom. The molecule has 12 heteroatoms. The van der Waals surface area contributed by atoms with E-state index >= 15 is 0 Å². The predicted molar refractivity (Wildman–Crippen MR) is 110 cm³/mol. The highest BCUT2D eigenvalue weighted by atomic mass is 16.7. The van der Waals surface area contributed by atoms with Crippen LogP contribution in [0.4, 0.5) is 0 Å². The standard InChI is InChI=1S/C21H20O12/c1-30-13-3-7(2-10(24)15(13)26)19-20(33-21-18(29)16(27)11(25)6-31-21)17(28)14-9(23)4-8(22)5-12(14)32-19/h2-5,11,16,18,21-27,29H,6H2,1H3/t11-,16-,18+,21-/m0/s1. The molecule has 1 saturated heterocycles. The fourth-order valence-corrected chi connectivity index (χ4v) is 3.44. The first kappa shape index (κ1) is 22.5. The third-order valence-electron chi connectivity index (χ3n) is 5.14. The molecule has 1 aromatic heterocycles. The van der Waals surface area contributed by atoms with Crippen molar-refractivity contribution < 1.29 is 54.4 Å². The molecule has 1 aliphatic heterocycles. The maximum absolute atomic E-state index is 13.3. The molecule has 12 nitrogen and oxygen atoms in total. The molecule has 0 unspecified atom stereocenters. The lowest BCUT2D eigenvalue weighted by Crippen LogP contribution is -2.55. The van der Waals surface area contributed by atoms with Crippen molar-refractivity contribution in [2.45, 2.75) is 24.6 Å². The lowest BCUT2D eigenvalue weighted by Gasteiger charge is -2.34. The molecule has 0 amide bonds. The molecule has 0 aliphatic carbocycles. The average molecular weight is 464 g/mol. The molecule has 0 spiro atoms. The number of aromatic hydroxyl groups is 4. The van der Waals surface area contributed by atoms with E-state index in [1.54, 1.807) is 0 Å². The predicted octanol–water partition coefficient (Wildman–Crippen LogP) is 0.109. The van der Waals surface area contributed by atoms with E-state index in [2.05, 4.69) is 0 Å². The Bertz CT molecular complexity index is 1270. The summed E-state index contributed by atoms with van der Waals surface area (Å²) in [7, 11) is 1.22. The van der Waals surface area contributed by atoms with E-state index in [-0.39, 0.29) is 28.0 Å². The molecule has 176 valence electrons. The summed E-state index contributed by atoms with van der Waals surface area (Å²) in [5, 5.41) is 69.4. The molecule has 4 rings (SSSR count). The first-order valence-electron chi connectivity index (χ1n) is 9.58. The number of methoxy groups -OCH3 is 1. The summed E-state index contributed by atoms with van der Waals surface area (Å²) in [5.74, 6) is -3.34. The summed E-state index contributed by atoms with van der Waals surface area (Å²) in [4.78, 5) is 13.3. The molecule has 33 heavy (non-hydrogen) atoms. The van der Waals surface area contributed by atoms with E-state index in [0.29, 0.717) is 0 Å². The van der Waals surface area contributed by atoms with Gasteiger partial charge >= 0.3 is 0 Å². The van der Waals surface area contributed by atoms with Crippen LogP contribution in [0.25, 0.3) is 22.3 Å². The number of aliphatic hydroxyl groups is 3. The summed E-state index contributed by atoms with van der Waals surface area (Å²) in [6, 6.07) is 4.22. The van der Waals surface area contributed by atoms with E-state index in [0.717, 1.165) is 18.2 Å². The number of aliphatic hydroxyl groups excluding tert-OH is 3. The van der Waals surface area contributed by atoms with Crippen molar-refractivity contribution in [1.82, 2.24) is 0 Å². The van der Waals surface area contributed by atoms with Gasteiger partial charge in [0, 0.05) is 17.7 Å². The number of fused-ring (bicyclic) bond motifs is 1. The zero-order chi connectivity index (χ0) is 24.0. The zero-order valence-electron chi connectivity index (χ0n) is 17.0. The number of phenols is 4. The fourth-order valence-electron chi connectivity index (χ4n) is 3.44. The van der Waals surface area contributed by atoms with Gasteiger partial charge in [-0.05, 0) is 12.1 Å². The van der Waals surface area contributed by atoms with Gasteiger partial charge in [-0.3, -0.25) is 4.79 Å². The molecule has 0 bridgehead atoms. The number of phenolic OH excluding ortho intramolecular Hbond substituents is 4. The summed E-state index contributed by atoms with van der Waals surface area (Å²) in [6.45, 7) is -0.413. The Hall–Kier alpha value is -3.71. The minimum absolute atomic E-state index is 0.0233. The van der Waals surface area contributed by atoms with Gasteiger partial charge in [0.2, 0.25) is 23.2 Å². The summed E-state index contributed by atoms with van der Waals surface area (Å²) < 4.78 is 21.4. The lowest BCUT2D eigenvalue weighted by molar-refractivity contribution is -0.242. The van der Waals surface area contributed by atoms with E-state index in [1.807, 2.05) is 0 Å². The highest BCUT2D eigenvalue weighted by Gasteiger charge is 2.40. The van der Waals surface area contributed by atoms with Gasteiger partial charge in [0.15, 0.2) is 17.3 Å². The number of benzene rings is 2. The molecule has 3 aromatic rings. The molecule has 1 fully saturated rings. The average Bonchev–Trinajstić information content (AvgIpc) is 2.76. The van der Waals surface area contributed by atoms with Crippen molar-refractivity contribution in [2.75, 3.05) is 13.7 Å². The van der Waals surface area contributed by atoms with Gasteiger partial charge in [0.05, 0.1) is 13.7 Å². The molecule has 1 aliphatic rings. The molecule has 2 aromatic carbocycles. The Balaban J connectivity index is 1.95. The third kappa shape index (κ3) is 3.85. The van der Waals surface area contributed by atoms with Crippen LogP contribution in [0, 0.1) is 0 Å². The first-order chi connectivity index (χ1) is 15.6. The normalized spacial score (nSPS) is 22.9. The van der Waals surface area contributed by atoms with Crippen molar-refractivity contribution in [1.29, 1.82) is 0 Å². The van der Waals surface area contributed by atoms with Crippen LogP contribution in [-0.2, 0) is 4.74 Å². The van der Waals surface area contributed by atoms with E-state index < -0.39 is 65.4 Å². The van der Waals surface area contributed by atoms with Gasteiger partial charge in [-0.2, -0.15) is 0 Å². The van der Waals surface area contributed by atoms with Crippen molar-refractivity contribution in [3.8, 4) is 45.8 Å². The highest BCUT2D eigenvalue weighted by Crippen LogP contribution is 2.43. The lowest BCUT2D eigenvalue weighted by atomic mass is 10.1. The molecule has 2 heterocycles. The molecular weight excluding hydrogens is 444 g/mol. The van der Waals surface area contributed by atoms with Gasteiger partial charge in [-0.15, -0.1) is 0 Å². The van der Waals surface area contributed by atoms with Crippen LogP contribution in [0.3, 0.4) is 0 Å². The Labute approximate surface area is 184 Å². The van der Waals surface area contributed by atoms with Gasteiger partial charge in [-0.25, -0.2) is 0 Å². The maximum Gasteiger partial charge on any atom is 0.239 e. The van der Waals surface area contributed by atoms with Crippen LogP contribution >= 0.6 is 0 Å². The van der Waals surface area contributed by atoms with Crippen LogP contribution in [0.1, 0.15) is 0 Å². The molecule has 7 N–H and O–H groups in total. The maximum atomic E-state index is 13.3. The monoisotopic (exact) mass is 464 g/mol. The van der Waals surface area contributed by atoms with Crippen LogP contribution in [0.15, 0.2) is 33.5 Å². The molecule has 0 saturated carbocycles. The highest BCUT2D eigenvalue weighted by molar-refractivity contribution is 5.88. The topological polar surface area (TPSA) is 200 Å². The van der Waals surface area contributed by atoms with Crippen molar-refractivity contribution in [2.24, 2.45) is 0 Å². The number of rotatable bonds is 4. The minimum Gasteiger partial charge on any atom is -0.508 e. The SMILES string of the molecule is COc1cc(-c2oc3cc(O)cc(O)c3c(=O)c2O[C@@H]2OC[C@H](O)[C@H](O)[C@H]2O)cc(O)c1O. The van der Waals surface area contributed by atoms with Crippen LogP contribution in [-0.4, -0.2) is 74.1 Å². The fraction of sp³-hybridized carbons (Fsp3) is 0.286. The van der Waals surface area contributed by atoms with Crippen molar-refractivity contribution in [3.63, 3.8) is 0 Å². The van der Waals surface area contributed by atoms with Crippen LogP contribution < -0.4 is 14.9 Å².